The van der Waals surface area contributed by atoms with Crippen molar-refractivity contribution in [3.05, 3.63) is 65.7 Å². The number of aryl methyl sites for hydroxylation is 1. The van der Waals surface area contributed by atoms with Crippen LogP contribution in [0.1, 0.15) is 36.5 Å². The SMILES string of the molecule is C=CCNC(=S)N/N=C/c1ccc(OCCOc2cc(C)ccc2C(C)C)c(OC)c1. The maximum absolute atomic E-state index is 5.98. The fourth-order valence-electron chi connectivity index (χ4n) is 2.80. The molecule has 0 heterocycles. The Kier molecular flexibility index (Phi) is 9.84. The summed E-state index contributed by atoms with van der Waals surface area (Å²) in [6.45, 7) is 11.4. The van der Waals surface area contributed by atoms with Crippen LogP contribution >= 0.6 is 12.2 Å². The summed E-state index contributed by atoms with van der Waals surface area (Å²) in [5.41, 5.74) is 5.96. The smallest absolute Gasteiger partial charge is 0.187 e. The van der Waals surface area contributed by atoms with Crippen LogP contribution in [0.2, 0.25) is 0 Å². The van der Waals surface area contributed by atoms with Gasteiger partial charge in [0.25, 0.3) is 0 Å². The van der Waals surface area contributed by atoms with E-state index in [1.165, 1.54) is 11.1 Å². The van der Waals surface area contributed by atoms with Crippen LogP contribution in [0, 0.1) is 6.92 Å². The van der Waals surface area contributed by atoms with E-state index in [-0.39, 0.29) is 0 Å². The molecule has 2 aromatic rings. The number of hydrogen-bond acceptors (Lipinski definition) is 5. The van der Waals surface area contributed by atoms with Crippen LogP contribution in [-0.4, -0.2) is 38.2 Å². The standard InChI is InChI=1S/C24H31N3O3S/c1-6-11-25-24(31)27-26-16-19-8-10-21(23(15-19)28-5)29-12-13-30-22-14-18(4)7-9-20(22)17(2)3/h6-10,14-17H,1,11-13H2,2-5H3,(H2,25,27,31)/b26-16+. The summed E-state index contributed by atoms with van der Waals surface area (Å²) in [6.07, 6.45) is 3.37. The van der Waals surface area contributed by atoms with E-state index in [0.717, 1.165) is 11.3 Å². The zero-order valence-corrected chi connectivity index (χ0v) is 19.4. The summed E-state index contributed by atoms with van der Waals surface area (Å²) < 4.78 is 17.3. The number of benzene rings is 2. The Balaban J connectivity index is 1.91. The van der Waals surface area contributed by atoms with E-state index in [1.54, 1.807) is 19.4 Å². The lowest BCUT2D eigenvalue weighted by Gasteiger charge is -2.16. The normalized spacial score (nSPS) is 10.7. The second-order valence-electron chi connectivity index (χ2n) is 7.17. The van der Waals surface area contributed by atoms with Crippen molar-refractivity contribution >= 4 is 23.5 Å². The van der Waals surface area contributed by atoms with Crippen molar-refractivity contribution in [3.8, 4) is 17.2 Å². The molecule has 0 aromatic heterocycles. The van der Waals surface area contributed by atoms with Gasteiger partial charge in [-0.25, -0.2) is 0 Å². The third kappa shape index (κ3) is 7.94. The monoisotopic (exact) mass is 441 g/mol. The Hall–Kier alpha value is -3.06. The van der Waals surface area contributed by atoms with Gasteiger partial charge in [0.2, 0.25) is 0 Å². The van der Waals surface area contributed by atoms with Gasteiger partial charge in [-0.1, -0.05) is 32.1 Å². The Labute approximate surface area is 190 Å². The van der Waals surface area contributed by atoms with Crippen LogP contribution in [-0.2, 0) is 0 Å². The predicted molar refractivity (Wildman–Crippen MR) is 131 cm³/mol. The summed E-state index contributed by atoms with van der Waals surface area (Å²) in [7, 11) is 1.61. The van der Waals surface area contributed by atoms with E-state index in [0.29, 0.717) is 42.3 Å². The summed E-state index contributed by atoms with van der Waals surface area (Å²) >= 11 is 5.09. The second-order valence-corrected chi connectivity index (χ2v) is 7.58. The topological polar surface area (TPSA) is 64.1 Å². The predicted octanol–water partition coefficient (Wildman–Crippen LogP) is 4.57. The molecule has 2 N–H and O–H groups in total. The lowest BCUT2D eigenvalue weighted by Crippen LogP contribution is -2.31. The van der Waals surface area contributed by atoms with Gasteiger partial charge in [-0.3, -0.25) is 5.43 Å². The average molecular weight is 442 g/mol. The average Bonchev–Trinajstić information content (AvgIpc) is 2.75. The van der Waals surface area contributed by atoms with Crippen molar-refractivity contribution < 1.29 is 14.2 Å². The van der Waals surface area contributed by atoms with Gasteiger partial charge >= 0.3 is 0 Å². The van der Waals surface area contributed by atoms with E-state index in [4.69, 9.17) is 26.4 Å². The highest BCUT2D eigenvalue weighted by Gasteiger charge is 2.09. The molecule has 0 saturated heterocycles. The molecule has 0 aliphatic carbocycles. The fourth-order valence-corrected chi connectivity index (χ4v) is 2.94. The van der Waals surface area contributed by atoms with Crippen LogP contribution in [0.4, 0.5) is 0 Å². The number of rotatable bonds is 11. The van der Waals surface area contributed by atoms with Crippen molar-refractivity contribution in [2.75, 3.05) is 26.9 Å². The number of methoxy groups -OCH3 is 1. The minimum Gasteiger partial charge on any atom is -0.493 e. The molecule has 7 heteroatoms. The second kappa shape index (κ2) is 12.6. The fraction of sp³-hybridized carbons (Fsp3) is 0.333. The molecule has 0 unspecified atom stereocenters. The summed E-state index contributed by atoms with van der Waals surface area (Å²) in [5, 5.41) is 7.47. The molecule has 2 rings (SSSR count). The van der Waals surface area contributed by atoms with E-state index in [2.05, 4.69) is 61.4 Å². The van der Waals surface area contributed by atoms with Crippen molar-refractivity contribution in [3.63, 3.8) is 0 Å². The number of ether oxygens (including phenoxy) is 3. The van der Waals surface area contributed by atoms with Crippen LogP contribution in [0.25, 0.3) is 0 Å². The maximum atomic E-state index is 5.98. The lowest BCUT2D eigenvalue weighted by atomic mass is 10.0. The minimum absolute atomic E-state index is 0.396. The molecule has 166 valence electrons. The first kappa shape index (κ1) is 24.2. The number of thiocarbonyl (C=S) groups is 1. The highest BCUT2D eigenvalue weighted by Crippen LogP contribution is 2.29. The van der Waals surface area contributed by atoms with Crippen molar-refractivity contribution in [1.82, 2.24) is 10.7 Å². The van der Waals surface area contributed by atoms with Crippen LogP contribution in [0.3, 0.4) is 0 Å². The number of nitrogens with zero attached hydrogens (tertiary/aromatic N) is 1. The van der Waals surface area contributed by atoms with Gasteiger partial charge < -0.3 is 19.5 Å². The molecule has 0 aliphatic rings. The Morgan fingerprint density at radius 2 is 1.84 bits per heavy atom. The van der Waals surface area contributed by atoms with Crippen LogP contribution < -0.4 is 25.0 Å². The number of nitrogens with one attached hydrogen (secondary N) is 2. The number of hydrazone groups is 1. The third-order valence-electron chi connectivity index (χ3n) is 4.36. The molecule has 0 amide bonds. The Morgan fingerprint density at radius 1 is 1.10 bits per heavy atom. The summed E-state index contributed by atoms with van der Waals surface area (Å²) in [5.74, 6) is 2.57. The molecule has 0 atom stereocenters. The molecule has 0 saturated carbocycles. The summed E-state index contributed by atoms with van der Waals surface area (Å²) in [4.78, 5) is 0. The molecule has 0 radical (unpaired) electrons. The minimum atomic E-state index is 0.396. The molecular weight excluding hydrogens is 410 g/mol. The largest absolute Gasteiger partial charge is 0.493 e. The van der Waals surface area contributed by atoms with Gasteiger partial charge in [0.05, 0.1) is 13.3 Å². The maximum Gasteiger partial charge on any atom is 0.187 e. The van der Waals surface area contributed by atoms with Crippen molar-refractivity contribution in [1.29, 1.82) is 0 Å². The van der Waals surface area contributed by atoms with Gasteiger partial charge in [0.1, 0.15) is 19.0 Å². The molecular formula is C24H31N3O3S. The Morgan fingerprint density at radius 3 is 2.52 bits per heavy atom. The van der Waals surface area contributed by atoms with Gasteiger partial charge in [-0.05, 0) is 66.0 Å². The first-order valence-corrected chi connectivity index (χ1v) is 10.6. The molecule has 0 fully saturated rings. The summed E-state index contributed by atoms with van der Waals surface area (Å²) in [6, 6.07) is 11.9. The molecule has 6 nitrogen and oxygen atoms in total. The molecule has 31 heavy (non-hydrogen) atoms. The van der Waals surface area contributed by atoms with E-state index in [1.807, 2.05) is 18.2 Å². The van der Waals surface area contributed by atoms with Gasteiger partial charge in [-0.2, -0.15) is 5.10 Å². The molecule has 0 aliphatic heterocycles. The van der Waals surface area contributed by atoms with Crippen molar-refractivity contribution in [2.45, 2.75) is 26.7 Å². The first-order chi connectivity index (χ1) is 14.9. The van der Waals surface area contributed by atoms with Gasteiger partial charge in [0.15, 0.2) is 16.6 Å². The highest BCUT2D eigenvalue weighted by molar-refractivity contribution is 7.80. The van der Waals surface area contributed by atoms with Crippen LogP contribution in [0.5, 0.6) is 17.2 Å². The zero-order chi connectivity index (χ0) is 22.6. The van der Waals surface area contributed by atoms with Gasteiger partial charge in [-0.15, -0.1) is 6.58 Å². The lowest BCUT2D eigenvalue weighted by molar-refractivity contribution is 0.210. The van der Waals surface area contributed by atoms with E-state index >= 15 is 0 Å². The third-order valence-corrected chi connectivity index (χ3v) is 4.60. The highest BCUT2D eigenvalue weighted by atomic mass is 32.1. The molecule has 2 aromatic carbocycles. The molecule has 0 spiro atoms. The zero-order valence-electron chi connectivity index (χ0n) is 18.6. The van der Waals surface area contributed by atoms with E-state index in [9.17, 15) is 0 Å². The Bertz CT molecular complexity index is 913. The number of hydrogen-bond donors (Lipinski definition) is 2. The van der Waals surface area contributed by atoms with Crippen molar-refractivity contribution in [2.24, 2.45) is 5.10 Å². The quantitative estimate of drug-likeness (QED) is 0.175. The molecule has 0 bridgehead atoms. The first-order valence-electron chi connectivity index (χ1n) is 10.2. The van der Waals surface area contributed by atoms with Gasteiger partial charge in [0, 0.05) is 6.54 Å². The van der Waals surface area contributed by atoms with Crippen LogP contribution in [0.15, 0.2) is 54.2 Å². The van der Waals surface area contributed by atoms with E-state index < -0.39 is 0 Å².